The highest BCUT2D eigenvalue weighted by Gasteiger charge is 2.12. The van der Waals surface area contributed by atoms with Gasteiger partial charge in [0.05, 0.1) is 4.34 Å². The van der Waals surface area contributed by atoms with E-state index in [1.165, 1.54) is 11.3 Å². The number of thiophene rings is 1. The Morgan fingerprint density at radius 2 is 2.27 bits per heavy atom. The standard InChI is InChI=1S/C11H19ClN2S/c1-3-4-9(7-13)14(2)8-10-5-6-11(12)15-10/h5-6,9H,3-4,7-8,13H2,1-2H3. The van der Waals surface area contributed by atoms with E-state index >= 15 is 0 Å². The molecular weight excluding hydrogens is 228 g/mol. The average molecular weight is 247 g/mol. The van der Waals surface area contributed by atoms with Crippen molar-refractivity contribution >= 4 is 22.9 Å². The van der Waals surface area contributed by atoms with E-state index < -0.39 is 0 Å². The summed E-state index contributed by atoms with van der Waals surface area (Å²) in [6.45, 7) is 3.86. The zero-order chi connectivity index (χ0) is 11.3. The van der Waals surface area contributed by atoms with Crippen LogP contribution < -0.4 is 5.73 Å². The molecule has 15 heavy (non-hydrogen) atoms. The maximum atomic E-state index is 5.89. The van der Waals surface area contributed by atoms with Crippen LogP contribution in [0.5, 0.6) is 0 Å². The molecule has 0 spiro atoms. The molecule has 0 radical (unpaired) electrons. The van der Waals surface area contributed by atoms with Crippen LogP contribution in [0.2, 0.25) is 4.34 Å². The van der Waals surface area contributed by atoms with Crippen molar-refractivity contribution in [3.05, 3.63) is 21.3 Å². The lowest BCUT2D eigenvalue weighted by Crippen LogP contribution is -2.37. The Labute approximate surface area is 101 Å². The minimum absolute atomic E-state index is 0.482. The van der Waals surface area contributed by atoms with Crippen molar-refractivity contribution in [2.45, 2.75) is 32.4 Å². The third kappa shape index (κ3) is 4.11. The molecule has 0 aromatic carbocycles. The van der Waals surface area contributed by atoms with Crippen LogP contribution in [-0.2, 0) is 6.54 Å². The number of likely N-dealkylation sites (N-methyl/N-ethyl adjacent to an activating group) is 1. The second-order valence-electron chi connectivity index (χ2n) is 3.80. The van der Waals surface area contributed by atoms with Gasteiger partial charge in [0, 0.05) is 24.0 Å². The molecule has 0 aliphatic carbocycles. The smallest absolute Gasteiger partial charge is 0.0931 e. The van der Waals surface area contributed by atoms with Crippen molar-refractivity contribution in [1.29, 1.82) is 0 Å². The zero-order valence-electron chi connectivity index (χ0n) is 9.37. The summed E-state index contributed by atoms with van der Waals surface area (Å²) in [5, 5.41) is 0. The van der Waals surface area contributed by atoms with Gasteiger partial charge in [-0.25, -0.2) is 0 Å². The van der Waals surface area contributed by atoms with Gasteiger partial charge in [0.25, 0.3) is 0 Å². The molecule has 2 nitrogen and oxygen atoms in total. The van der Waals surface area contributed by atoms with Gasteiger partial charge in [-0.1, -0.05) is 24.9 Å². The summed E-state index contributed by atoms with van der Waals surface area (Å²) in [5.74, 6) is 0. The number of hydrogen-bond acceptors (Lipinski definition) is 3. The van der Waals surface area contributed by atoms with Crippen LogP contribution in [0.1, 0.15) is 24.6 Å². The van der Waals surface area contributed by atoms with Crippen molar-refractivity contribution < 1.29 is 0 Å². The number of nitrogens with two attached hydrogens (primary N) is 1. The van der Waals surface area contributed by atoms with E-state index in [0.717, 1.165) is 23.8 Å². The SMILES string of the molecule is CCCC(CN)N(C)Cc1ccc(Cl)s1. The summed E-state index contributed by atoms with van der Waals surface area (Å²) in [6, 6.07) is 4.52. The van der Waals surface area contributed by atoms with Crippen LogP contribution in [0.4, 0.5) is 0 Å². The van der Waals surface area contributed by atoms with Gasteiger partial charge in [0.1, 0.15) is 0 Å². The Morgan fingerprint density at radius 1 is 1.53 bits per heavy atom. The van der Waals surface area contributed by atoms with Crippen LogP contribution in [0, 0.1) is 0 Å². The number of halogens is 1. The first kappa shape index (κ1) is 13.0. The van der Waals surface area contributed by atoms with Gasteiger partial charge in [0.15, 0.2) is 0 Å². The Kier molecular flexibility index (Phi) is 5.61. The highest BCUT2D eigenvalue weighted by atomic mass is 35.5. The molecule has 1 aromatic heterocycles. The summed E-state index contributed by atoms with van der Waals surface area (Å²) >= 11 is 7.54. The van der Waals surface area contributed by atoms with Crippen LogP contribution >= 0.6 is 22.9 Å². The fourth-order valence-electron chi connectivity index (χ4n) is 1.66. The first-order valence-corrected chi connectivity index (χ1v) is 6.51. The molecule has 86 valence electrons. The topological polar surface area (TPSA) is 29.3 Å². The molecule has 0 saturated heterocycles. The molecule has 0 amide bonds. The zero-order valence-corrected chi connectivity index (χ0v) is 10.9. The van der Waals surface area contributed by atoms with Gasteiger partial charge in [0.2, 0.25) is 0 Å². The van der Waals surface area contributed by atoms with Gasteiger partial charge in [-0.15, -0.1) is 11.3 Å². The van der Waals surface area contributed by atoms with Gasteiger partial charge in [-0.3, -0.25) is 4.90 Å². The Bertz CT molecular complexity index is 288. The predicted octanol–water partition coefficient (Wildman–Crippen LogP) is 2.96. The van der Waals surface area contributed by atoms with Crippen molar-refractivity contribution in [2.75, 3.05) is 13.6 Å². The first-order valence-electron chi connectivity index (χ1n) is 5.31. The van der Waals surface area contributed by atoms with Gasteiger partial charge in [-0.05, 0) is 25.6 Å². The fraction of sp³-hybridized carbons (Fsp3) is 0.636. The van der Waals surface area contributed by atoms with E-state index in [-0.39, 0.29) is 0 Å². The third-order valence-corrected chi connectivity index (χ3v) is 3.77. The second kappa shape index (κ2) is 6.48. The number of nitrogens with zero attached hydrogens (tertiary/aromatic N) is 1. The van der Waals surface area contributed by atoms with Crippen molar-refractivity contribution in [1.82, 2.24) is 4.90 Å². The Hall–Kier alpha value is -0.0900. The molecule has 2 N–H and O–H groups in total. The molecule has 1 aromatic rings. The van der Waals surface area contributed by atoms with E-state index in [2.05, 4.69) is 24.9 Å². The molecule has 1 atom stereocenters. The molecule has 0 aliphatic rings. The molecule has 1 heterocycles. The molecule has 0 aliphatic heterocycles. The van der Waals surface area contributed by atoms with E-state index in [1.807, 2.05) is 6.07 Å². The largest absolute Gasteiger partial charge is 0.329 e. The summed E-state index contributed by atoms with van der Waals surface area (Å²) in [6.07, 6.45) is 2.34. The lowest BCUT2D eigenvalue weighted by atomic mass is 10.1. The van der Waals surface area contributed by atoms with Gasteiger partial charge < -0.3 is 5.73 Å². The maximum absolute atomic E-state index is 5.89. The molecule has 0 fully saturated rings. The molecular formula is C11H19ClN2S. The minimum atomic E-state index is 0.482. The van der Waals surface area contributed by atoms with Crippen LogP contribution in [-0.4, -0.2) is 24.5 Å². The molecule has 1 unspecified atom stereocenters. The molecule has 0 bridgehead atoms. The van der Waals surface area contributed by atoms with E-state index in [0.29, 0.717) is 6.04 Å². The Balaban J connectivity index is 2.49. The van der Waals surface area contributed by atoms with E-state index in [1.54, 1.807) is 11.3 Å². The molecule has 1 rings (SSSR count). The third-order valence-electron chi connectivity index (χ3n) is 2.55. The van der Waals surface area contributed by atoms with Crippen LogP contribution in [0.25, 0.3) is 0 Å². The van der Waals surface area contributed by atoms with Gasteiger partial charge in [-0.2, -0.15) is 0 Å². The molecule has 4 heteroatoms. The van der Waals surface area contributed by atoms with Crippen LogP contribution in [0.3, 0.4) is 0 Å². The highest BCUT2D eigenvalue weighted by molar-refractivity contribution is 7.16. The lowest BCUT2D eigenvalue weighted by Gasteiger charge is -2.26. The van der Waals surface area contributed by atoms with E-state index in [4.69, 9.17) is 17.3 Å². The fourth-order valence-corrected chi connectivity index (χ4v) is 2.81. The quantitative estimate of drug-likeness (QED) is 0.836. The number of rotatable bonds is 6. The highest BCUT2D eigenvalue weighted by Crippen LogP contribution is 2.23. The minimum Gasteiger partial charge on any atom is -0.329 e. The summed E-state index contributed by atoms with van der Waals surface area (Å²) in [5.41, 5.74) is 5.75. The van der Waals surface area contributed by atoms with Crippen LogP contribution in [0.15, 0.2) is 12.1 Å². The van der Waals surface area contributed by atoms with Gasteiger partial charge >= 0.3 is 0 Å². The van der Waals surface area contributed by atoms with E-state index in [9.17, 15) is 0 Å². The summed E-state index contributed by atoms with van der Waals surface area (Å²) in [7, 11) is 2.13. The maximum Gasteiger partial charge on any atom is 0.0931 e. The molecule has 0 saturated carbocycles. The lowest BCUT2D eigenvalue weighted by molar-refractivity contribution is 0.228. The van der Waals surface area contributed by atoms with Crippen molar-refractivity contribution in [2.24, 2.45) is 5.73 Å². The normalized spacial score (nSPS) is 13.4. The summed E-state index contributed by atoms with van der Waals surface area (Å²) in [4.78, 5) is 3.61. The van der Waals surface area contributed by atoms with Crippen molar-refractivity contribution in [3.63, 3.8) is 0 Å². The second-order valence-corrected chi connectivity index (χ2v) is 5.60. The predicted molar refractivity (Wildman–Crippen MR) is 68.5 cm³/mol. The summed E-state index contributed by atoms with van der Waals surface area (Å²) < 4.78 is 0.859. The Morgan fingerprint density at radius 3 is 2.73 bits per heavy atom. The average Bonchev–Trinajstić information content (AvgIpc) is 2.60. The monoisotopic (exact) mass is 246 g/mol. The first-order chi connectivity index (χ1) is 7.17. The van der Waals surface area contributed by atoms with Crippen molar-refractivity contribution in [3.8, 4) is 0 Å². The number of hydrogen-bond donors (Lipinski definition) is 1.